The fraction of sp³-hybridized carbons (Fsp3) is 0.615. The normalized spacial score (nSPS) is 25.1. The van der Waals surface area contributed by atoms with E-state index in [1.807, 2.05) is 0 Å². The lowest BCUT2D eigenvalue weighted by molar-refractivity contribution is -0.0465. The van der Waals surface area contributed by atoms with E-state index < -0.39 is 5.92 Å². The second-order valence-corrected chi connectivity index (χ2v) is 4.78. The zero-order chi connectivity index (χ0) is 13.2. The summed E-state index contributed by atoms with van der Waals surface area (Å²) >= 11 is 0. The van der Waals surface area contributed by atoms with Gasteiger partial charge in [0.2, 0.25) is 0 Å². The fourth-order valence-corrected chi connectivity index (χ4v) is 2.17. The first-order valence-corrected chi connectivity index (χ1v) is 6.20. The third kappa shape index (κ3) is 3.03. The van der Waals surface area contributed by atoms with Crippen LogP contribution in [-0.2, 0) is 10.7 Å². The van der Waals surface area contributed by atoms with Crippen molar-refractivity contribution in [2.24, 2.45) is 5.73 Å². The molecule has 0 bridgehead atoms. The van der Waals surface area contributed by atoms with Crippen molar-refractivity contribution in [3.8, 4) is 0 Å². The Balaban J connectivity index is 2.09. The average molecular weight is 256 g/mol. The molecule has 18 heavy (non-hydrogen) atoms. The second-order valence-electron chi connectivity index (χ2n) is 4.78. The molecule has 1 aromatic rings. The summed E-state index contributed by atoms with van der Waals surface area (Å²) in [5, 5.41) is 0. The van der Waals surface area contributed by atoms with Crippen LogP contribution in [-0.4, -0.2) is 17.6 Å². The minimum atomic E-state index is -2.90. The molecule has 0 unspecified atom stereocenters. The van der Waals surface area contributed by atoms with Gasteiger partial charge in [-0.1, -0.05) is 6.07 Å². The van der Waals surface area contributed by atoms with E-state index in [0.29, 0.717) is 6.54 Å². The van der Waals surface area contributed by atoms with E-state index >= 15 is 0 Å². The molecule has 2 heterocycles. The van der Waals surface area contributed by atoms with Crippen LogP contribution in [0, 0.1) is 0 Å². The average Bonchev–Trinajstić information content (AvgIpc) is 2.38. The van der Waals surface area contributed by atoms with Crippen LogP contribution >= 0.6 is 0 Å². The van der Waals surface area contributed by atoms with Gasteiger partial charge in [-0.3, -0.25) is 4.98 Å². The molecule has 0 saturated carbocycles. The summed E-state index contributed by atoms with van der Waals surface area (Å²) < 4.78 is 31.9. The van der Waals surface area contributed by atoms with Crippen LogP contribution in [0.1, 0.15) is 43.5 Å². The van der Waals surface area contributed by atoms with E-state index in [-0.39, 0.29) is 17.9 Å². The van der Waals surface area contributed by atoms with Gasteiger partial charge in [-0.2, -0.15) is 8.78 Å². The summed E-state index contributed by atoms with van der Waals surface area (Å²) in [4.78, 5) is 3.81. The Bertz CT molecular complexity index is 389. The highest BCUT2D eigenvalue weighted by atomic mass is 19.3. The Kier molecular flexibility index (Phi) is 3.92. The molecule has 1 aliphatic heterocycles. The minimum Gasteiger partial charge on any atom is -0.369 e. The van der Waals surface area contributed by atoms with Crippen molar-refractivity contribution >= 4 is 0 Å². The van der Waals surface area contributed by atoms with E-state index in [1.165, 1.54) is 12.3 Å². The Hall–Kier alpha value is -1.07. The lowest BCUT2D eigenvalue weighted by Gasteiger charge is -2.29. The van der Waals surface area contributed by atoms with Gasteiger partial charge in [-0.15, -0.1) is 0 Å². The Morgan fingerprint density at radius 3 is 2.78 bits per heavy atom. The number of nitrogens with two attached hydrogens (primary N) is 1. The Morgan fingerprint density at radius 2 is 2.22 bits per heavy atom. The summed E-state index contributed by atoms with van der Waals surface area (Å²) in [5.41, 5.74) is 6.22. The van der Waals surface area contributed by atoms with Gasteiger partial charge in [-0.05, 0) is 30.9 Å². The van der Waals surface area contributed by atoms with Crippen molar-refractivity contribution in [2.45, 2.75) is 44.3 Å². The number of nitrogens with zero attached hydrogens (tertiary/aromatic N) is 1. The Labute approximate surface area is 105 Å². The number of rotatable bonds is 3. The first-order chi connectivity index (χ1) is 8.50. The van der Waals surface area contributed by atoms with Gasteiger partial charge >= 0.3 is 0 Å². The van der Waals surface area contributed by atoms with E-state index in [9.17, 15) is 8.78 Å². The lowest BCUT2D eigenvalue weighted by Crippen LogP contribution is -2.29. The smallest absolute Gasteiger partial charge is 0.286 e. The molecule has 1 aliphatic rings. The van der Waals surface area contributed by atoms with Crippen LogP contribution in [0.4, 0.5) is 8.78 Å². The Morgan fingerprint density at radius 1 is 1.44 bits per heavy atom. The van der Waals surface area contributed by atoms with Gasteiger partial charge in [0, 0.05) is 19.7 Å². The maximum absolute atomic E-state index is 13.0. The second kappa shape index (κ2) is 5.28. The van der Waals surface area contributed by atoms with Crippen LogP contribution in [0.3, 0.4) is 0 Å². The molecule has 1 fully saturated rings. The van der Waals surface area contributed by atoms with Crippen molar-refractivity contribution < 1.29 is 13.5 Å². The summed E-state index contributed by atoms with van der Waals surface area (Å²) in [6.45, 7) is 1.34. The number of hydrogen-bond donors (Lipinski definition) is 1. The van der Waals surface area contributed by atoms with Gasteiger partial charge in [0.15, 0.2) is 0 Å². The van der Waals surface area contributed by atoms with Gasteiger partial charge in [0.05, 0.1) is 12.2 Å². The molecule has 0 aromatic carbocycles. The van der Waals surface area contributed by atoms with Crippen LogP contribution < -0.4 is 5.73 Å². The third-order valence-electron chi connectivity index (χ3n) is 3.22. The number of pyridine rings is 1. The fourth-order valence-electron chi connectivity index (χ4n) is 2.17. The van der Waals surface area contributed by atoms with E-state index in [4.69, 9.17) is 10.5 Å². The lowest BCUT2D eigenvalue weighted by atomic mass is 9.99. The standard InChI is InChI=1S/C13H18F2N2O/c1-13(14,15)12-6-5-9(8-17-12)11-4-2-3-10(7-16)18-11/h5-6,8,10-11H,2-4,7,16H2,1H3/t10-,11+/m1/s1. The highest BCUT2D eigenvalue weighted by Gasteiger charge is 2.27. The maximum atomic E-state index is 13.0. The molecular formula is C13H18F2N2O. The largest absolute Gasteiger partial charge is 0.369 e. The van der Waals surface area contributed by atoms with Gasteiger partial charge in [-0.25, -0.2) is 0 Å². The van der Waals surface area contributed by atoms with Gasteiger partial charge in [0.25, 0.3) is 5.92 Å². The number of halogens is 2. The summed E-state index contributed by atoms with van der Waals surface area (Å²) in [7, 11) is 0. The highest BCUT2D eigenvalue weighted by Crippen LogP contribution is 2.32. The molecule has 0 spiro atoms. The molecule has 5 heteroatoms. The van der Waals surface area contributed by atoms with Crippen molar-refractivity contribution in [3.05, 3.63) is 29.6 Å². The first-order valence-electron chi connectivity index (χ1n) is 6.20. The van der Waals surface area contributed by atoms with Crippen LogP contribution in [0.15, 0.2) is 18.3 Å². The molecule has 2 N–H and O–H groups in total. The van der Waals surface area contributed by atoms with Gasteiger partial charge < -0.3 is 10.5 Å². The molecule has 0 aliphatic carbocycles. The van der Waals surface area contributed by atoms with Crippen LogP contribution in [0.5, 0.6) is 0 Å². The molecule has 100 valence electrons. The summed E-state index contributed by atoms with van der Waals surface area (Å²) in [6.07, 6.45) is 4.37. The number of aromatic nitrogens is 1. The van der Waals surface area contributed by atoms with Crippen LogP contribution in [0.2, 0.25) is 0 Å². The summed E-state index contributed by atoms with van der Waals surface area (Å²) in [6, 6.07) is 3.04. The molecular weight excluding hydrogens is 238 g/mol. The first kappa shape index (κ1) is 13.4. The van der Waals surface area contributed by atoms with E-state index in [1.54, 1.807) is 6.07 Å². The van der Waals surface area contributed by atoms with E-state index in [0.717, 1.165) is 31.7 Å². The van der Waals surface area contributed by atoms with Gasteiger partial charge in [0.1, 0.15) is 5.69 Å². The molecule has 0 amide bonds. The number of hydrogen-bond acceptors (Lipinski definition) is 3. The predicted molar refractivity (Wildman–Crippen MR) is 64.3 cm³/mol. The molecule has 2 atom stereocenters. The SMILES string of the molecule is CC(F)(F)c1ccc([C@@H]2CCC[C@H](CN)O2)cn1. The van der Waals surface area contributed by atoms with Crippen molar-refractivity contribution in [3.63, 3.8) is 0 Å². The van der Waals surface area contributed by atoms with Crippen LogP contribution in [0.25, 0.3) is 0 Å². The minimum absolute atomic E-state index is 0.0658. The number of ether oxygens (including phenoxy) is 1. The zero-order valence-corrected chi connectivity index (χ0v) is 10.4. The number of alkyl halides is 2. The topological polar surface area (TPSA) is 48.1 Å². The van der Waals surface area contributed by atoms with E-state index in [2.05, 4.69) is 4.98 Å². The summed E-state index contributed by atoms with van der Waals surface area (Å²) in [5.74, 6) is -2.90. The van der Waals surface area contributed by atoms with Crippen molar-refractivity contribution in [1.82, 2.24) is 4.98 Å². The molecule has 1 aromatic heterocycles. The zero-order valence-electron chi connectivity index (χ0n) is 10.4. The third-order valence-corrected chi connectivity index (χ3v) is 3.22. The maximum Gasteiger partial charge on any atom is 0.286 e. The molecule has 1 saturated heterocycles. The molecule has 0 radical (unpaired) electrons. The predicted octanol–water partition coefficient (Wildman–Crippen LogP) is 2.76. The van der Waals surface area contributed by atoms with Crippen molar-refractivity contribution in [1.29, 1.82) is 0 Å². The monoisotopic (exact) mass is 256 g/mol. The highest BCUT2D eigenvalue weighted by molar-refractivity contribution is 5.19. The molecule has 2 rings (SSSR count). The van der Waals surface area contributed by atoms with Crippen molar-refractivity contribution in [2.75, 3.05) is 6.54 Å². The quantitative estimate of drug-likeness (QED) is 0.904. The molecule has 3 nitrogen and oxygen atoms in total.